The Bertz CT molecular complexity index is 482. The predicted molar refractivity (Wildman–Crippen MR) is 70.2 cm³/mol. The summed E-state index contributed by atoms with van der Waals surface area (Å²) >= 11 is 2.21. The summed E-state index contributed by atoms with van der Waals surface area (Å²) in [7, 11) is 0. The van der Waals surface area contributed by atoms with E-state index in [4.69, 9.17) is 4.74 Å². The third-order valence-corrected chi connectivity index (χ3v) is 2.61. The SMILES string of the molecule is CC(C)Oc1cccc2ccc(I)nc12. The van der Waals surface area contributed by atoms with E-state index in [2.05, 4.69) is 33.6 Å². The molecule has 2 aromatic rings. The largest absolute Gasteiger partial charge is 0.489 e. The van der Waals surface area contributed by atoms with Crippen LogP contribution in [-0.4, -0.2) is 11.1 Å². The maximum absolute atomic E-state index is 5.72. The fraction of sp³-hybridized carbons (Fsp3) is 0.250. The minimum atomic E-state index is 0.176. The van der Waals surface area contributed by atoms with Crippen LogP contribution in [0.1, 0.15) is 13.8 Å². The molecule has 2 nitrogen and oxygen atoms in total. The zero-order valence-corrected chi connectivity index (χ0v) is 10.9. The second-order valence-corrected chi connectivity index (χ2v) is 4.73. The Hall–Kier alpha value is -0.840. The molecular formula is C12H12INO. The molecule has 78 valence electrons. The highest BCUT2D eigenvalue weighted by Gasteiger charge is 2.05. The van der Waals surface area contributed by atoms with E-state index in [0.29, 0.717) is 0 Å². The third kappa shape index (κ3) is 2.40. The molecule has 1 aromatic heterocycles. The molecular weight excluding hydrogens is 301 g/mol. The van der Waals surface area contributed by atoms with Crippen LogP contribution < -0.4 is 4.74 Å². The summed E-state index contributed by atoms with van der Waals surface area (Å²) in [5.74, 6) is 0.862. The maximum Gasteiger partial charge on any atom is 0.145 e. The molecule has 0 bridgehead atoms. The van der Waals surface area contributed by atoms with Gasteiger partial charge in [-0.05, 0) is 48.6 Å². The van der Waals surface area contributed by atoms with Crippen molar-refractivity contribution in [3.8, 4) is 5.75 Å². The molecule has 0 fully saturated rings. The van der Waals surface area contributed by atoms with Gasteiger partial charge in [0, 0.05) is 5.39 Å². The summed E-state index contributed by atoms with van der Waals surface area (Å²) in [5.41, 5.74) is 0.943. The zero-order chi connectivity index (χ0) is 10.8. The van der Waals surface area contributed by atoms with Crippen molar-refractivity contribution in [2.75, 3.05) is 0 Å². The van der Waals surface area contributed by atoms with Gasteiger partial charge in [0.1, 0.15) is 15.0 Å². The van der Waals surface area contributed by atoms with Crippen molar-refractivity contribution < 1.29 is 4.74 Å². The molecule has 15 heavy (non-hydrogen) atoms. The minimum absolute atomic E-state index is 0.176. The molecule has 0 radical (unpaired) electrons. The van der Waals surface area contributed by atoms with Crippen LogP contribution in [0.3, 0.4) is 0 Å². The van der Waals surface area contributed by atoms with Gasteiger partial charge in [0.25, 0.3) is 0 Å². The van der Waals surface area contributed by atoms with Crippen LogP contribution >= 0.6 is 22.6 Å². The van der Waals surface area contributed by atoms with E-state index >= 15 is 0 Å². The highest BCUT2D eigenvalue weighted by Crippen LogP contribution is 2.25. The molecule has 0 aliphatic heterocycles. The molecule has 0 unspecified atom stereocenters. The smallest absolute Gasteiger partial charge is 0.145 e. The van der Waals surface area contributed by atoms with E-state index in [1.807, 2.05) is 38.1 Å². The van der Waals surface area contributed by atoms with Crippen LogP contribution in [0.2, 0.25) is 0 Å². The van der Waals surface area contributed by atoms with Crippen LogP contribution in [0.25, 0.3) is 10.9 Å². The highest BCUT2D eigenvalue weighted by atomic mass is 127. The molecule has 0 saturated heterocycles. The van der Waals surface area contributed by atoms with Crippen LogP contribution in [-0.2, 0) is 0 Å². The zero-order valence-electron chi connectivity index (χ0n) is 8.70. The van der Waals surface area contributed by atoms with Gasteiger partial charge in [-0.1, -0.05) is 18.2 Å². The predicted octanol–water partition coefficient (Wildman–Crippen LogP) is 3.63. The number of nitrogens with zero attached hydrogens (tertiary/aromatic N) is 1. The quantitative estimate of drug-likeness (QED) is 0.624. The number of aromatic nitrogens is 1. The molecule has 0 atom stereocenters. The average molecular weight is 313 g/mol. The molecule has 1 heterocycles. The van der Waals surface area contributed by atoms with E-state index in [1.165, 1.54) is 0 Å². The van der Waals surface area contributed by atoms with E-state index in [9.17, 15) is 0 Å². The molecule has 0 amide bonds. The highest BCUT2D eigenvalue weighted by molar-refractivity contribution is 14.1. The van der Waals surface area contributed by atoms with Crippen molar-refractivity contribution in [3.63, 3.8) is 0 Å². The first kappa shape index (κ1) is 10.7. The Labute approximate surface area is 103 Å². The fourth-order valence-electron chi connectivity index (χ4n) is 1.45. The molecule has 3 heteroatoms. The van der Waals surface area contributed by atoms with Gasteiger partial charge >= 0.3 is 0 Å². The summed E-state index contributed by atoms with van der Waals surface area (Å²) in [4.78, 5) is 4.49. The van der Waals surface area contributed by atoms with Crippen LogP contribution in [0.15, 0.2) is 30.3 Å². The van der Waals surface area contributed by atoms with Crippen molar-refractivity contribution in [1.29, 1.82) is 0 Å². The number of fused-ring (bicyclic) bond motifs is 1. The molecule has 0 N–H and O–H groups in total. The van der Waals surface area contributed by atoms with Gasteiger partial charge in [-0.2, -0.15) is 0 Å². The molecule has 0 aliphatic rings. The summed E-state index contributed by atoms with van der Waals surface area (Å²) in [5, 5.41) is 1.12. The van der Waals surface area contributed by atoms with Crippen LogP contribution in [0.4, 0.5) is 0 Å². The first-order valence-electron chi connectivity index (χ1n) is 4.89. The Balaban J connectivity index is 2.58. The number of hydrogen-bond donors (Lipinski definition) is 0. The first-order valence-corrected chi connectivity index (χ1v) is 5.96. The van der Waals surface area contributed by atoms with E-state index in [0.717, 1.165) is 20.4 Å². The number of pyridine rings is 1. The summed E-state index contributed by atoms with van der Waals surface area (Å²) < 4.78 is 6.70. The lowest BCUT2D eigenvalue weighted by Gasteiger charge is -2.11. The standard InChI is InChI=1S/C12H12INO/c1-8(2)15-10-5-3-4-9-6-7-11(13)14-12(9)10/h3-8H,1-2H3. The first-order chi connectivity index (χ1) is 7.16. The molecule has 0 aliphatic carbocycles. The van der Waals surface area contributed by atoms with Gasteiger partial charge in [0.15, 0.2) is 0 Å². The van der Waals surface area contributed by atoms with Gasteiger partial charge in [0.2, 0.25) is 0 Å². The third-order valence-electron chi connectivity index (χ3n) is 2.01. The average Bonchev–Trinajstić information content (AvgIpc) is 2.18. The fourth-order valence-corrected chi connectivity index (χ4v) is 1.87. The maximum atomic E-state index is 5.72. The topological polar surface area (TPSA) is 22.1 Å². The Morgan fingerprint density at radius 2 is 2.00 bits per heavy atom. The lowest BCUT2D eigenvalue weighted by atomic mass is 10.2. The summed E-state index contributed by atoms with van der Waals surface area (Å²) in [6.07, 6.45) is 0.176. The van der Waals surface area contributed by atoms with E-state index in [-0.39, 0.29) is 6.10 Å². The second kappa shape index (κ2) is 4.35. The molecule has 1 aromatic carbocycles. The minimum Gasteiger partial charge on any atom is -0.489 e. The van der Waals surface area contributed by atoms with Gasteiger partial charge in [-0.25, -0.2) is 4.98 Å². The Morgan fingerprint density at radius 1 is 1.20 bits per heavy atom. The van der Waals surface area contributed by atoms with Crippen molar-refractivity contribution in [1.82, 2.24) is 4.98 Å². The number of benzene rings is 1. The molecule has 2 rings (SSSR count). The number of rotatable bonds is 2. The van der Waals surface area contributed by atoms with Crippen molar-refractivity contribution in [2.24, 2.45) is 0 Å². The Morgan fingerprint density at radius 3 is 2.73 bits per heavy atom. The normalized spacial score (nSPS) is 10.9. The van der Waals surface area contributed by atoms with Gasteiger partial charge in [0.05, 0.1) is 6.10 Å². The number of hydrogen-bond acceptors (Lipinski definition) is 2. The number of para-hydroxylation sites is 1. The van der Waals surface area contributed by atoms with Crippen molar-refractivity contribution in [3.05, 3.63) is 34.0 Å². The van der Waals surface area contributed by atoms with Crippen LogP contribution in [0.5, 0.6) is 5.75 Å². The van der Waals surface area contributed by atoms with Crippen LogP contribution in [0, 0.1) is 3.70 Å². The Kier molecular flexibility index (Phi) is 3.09. The number of ether oxygens (including phenoxy) is 1. The lowest BCUT2D eigenvalue weighted by Crippen LogP contribution is -2.06. The lowest BCUT2D eigenvalue weighted by molar-refractivity contribution is 0.245. The van der Waals surface area contributed by atoms with E-state index in [1.54, 1.807) is 0 Å². The van der Waals surface area contributed by atoms with Gasteiger partial charge < -0.3 is 4.74 Å². The summed E-state index contributed by atoms with van der Waals surface area (Å²) in [6.45, 7) is 4.04. The monoisotopic (exact) mass is 313 g/mol. The number of halogens is 1. The van der Waals surface area contributed by atoms with Crippen molar-refractivity contribution >= 4 is 33.5 Å². The van der Waals surface area contributed by atoms with E-state index < -0.39 is 0 Å². The van der Waals surface area contributed by atoms with Crippen molar-refractivity contribution in [2.45, 2.75) is 20.0 Å². The molecule has 0 spiro atoms. The summed E-state index contributed by atoms with van der Waals surface area (Å²) in [6, 6.07) is 10.1. The van der Waals surface area contributed by atoms with Gasteiger partial charge in [-0.15, -0.1) is 0 Å². The second-order valence-electron chi connectivity index (χ2n) is 3.63. The van der Waals surface area contributed by atoms with Gasteiger partial charge in [-0.3, -0.25) is 0 Å². The molecule has 0 saturated carbocycles.